The van der Waals surface area contributed by atoms with Gasteiger partial charge in [0.1, 0.15) is 5.82 Å². The van der Waals surface area contributed by atoms with E-state index in [2.05, 4.69) is 48.5 Å². The third-order valence-corrected chi connectivity index (χ3v) is 4.81. The van der Waals surface area contributed by atoms with Crippen molar-refractivity contribution in [2.75, 3.05) is 19.0 Å². The molecule has 0 spiro atoms. The monoisotopic (exact) mass is 332 g/mol. The zero-order chi connectivity index (χ0) is 16.6. The Kier molecular flexibility index (Phi) is 4.64. The largest absolute Gasteiger partial charge is 0.363 e. The Morgan fingerprint density at radius 3 is 2.52 bits per heavy atom. The zero-order valence-corrected chi connectivity index (χ0v) is 15.1. The van der Waals surface area contributed by atoms with Gasteiger partial charge < -0.3 is 10.2 Å². The molecular formula is C18H25ClN4. The van der Waals surface area contributed by atoms with Crippen LogP contribution in [-0.4, -0.2) is 23.9 Å². The van der Waals surface area contributed by atoms with Crippen LogP contribution in [0, 0.1) is 12.8 Å². The van der Waals surface area contributed by atoms with Crippen LogP contribution in [0.3, 0.4) is 0 Å². The molecule has 1 aromatic carbocycles. The third kappa shape index (κ3) is 3.54. The van der Waals surface area contributed by atoms with E-state index < -0.39 is 0 Å². The summed E-state index contributed by atoms with van der Waals surface area (Å²) < 4.78 is 1.96. The zero-order valence-electron chi connectivity index (χ0n) is 14.3. The second-order valence-corrected chi connectivity index (χ2v) is 7.09. The maximum Gasteiger partial charge on any atom is 0.130 e. The van der Waals surface area contributed by atoms with Crippen molar-refractivity contribution in [3.05, 3.63) is 46.1 Å². The summed E-state index contributed by atoms with van der Waals surface area (Å²) in [5, 5.41) is 9.13. The summed E-state index contributed by atoms with van der Waals surface area (Å²) in [7, 11) is 6.14. The van der Waals surface area contributed by atoms with Crippen molar-refractivity contribution < 1.29 is 0 Å². The third-order valence-electron chi connectivity index (χ3n) is 4.56. The average Bonchev–Trinajstić information content (AvgIpc) is 3.27. The lowest BCUT2D eigenvalue weighted by molar-refractivity contribution is 0.479. The molecule has 124 valence electrons. The summed E-state index contributed by atoms with van der Waals surface area (Å²) in [5.41, 5.74) is 3.69. The minimum atomic E-state index is 0.391. The number of nitrogens with one attached hydrogen (secondary N) is 1. The molecule has 1 unspecified atom stereocenters. The van der Waals surface area contributed by atoms with Crippen molar-refractivity contribution in [3.63, 3.8) is 0 Å². The molecule has 1 saturated carbocycles. The Morgan fingerprint density at radius 1 is 1.30 bits per heavy atom. The van der Waals surface area contributed by atoms with E-state index in [9.17, 15) is 0 Å². The standard InChI is InChI=1S/C18H25ClN4/c1-12-16(18(22(2)3)23(4)21-12)11-20-17(13-5-6-13)14-7-9-15(19)10-8-14/h7-10,13,17,20H,5-6,11H2,1-4H3. The fourth-order valence-electron chi connectivity index (χ4n) is 3.32. The summed E-state index contributed by atoms with van der Waals surface area (Å²) in [6.45, 7) is 2.91. The molecule has 0 aliphatic heterocycles. The number of anilines is 1. The normalized spacial score (nSPS) is 15.7. The first-order chi connectivity index (χ1) is 11.0. The lowest BCUT2D eigenvalue weighted by Gasteiger charge is -2.21. The second kappa shape index (κ2) is 6.54. The van der Waals surface area contributed by atoms with E-state index >= 15 is 0 Å². The summed E-state index contributed by atoms with van der Waals surface area (Å²) in [6.07, 6.45) is 2.60. The summed E-state index contributed by atoms with van der Waals surface area (Å²) in [6, 6.07) is 8.63. The fourth-order valence-corrected chi connectivity index (χ4v) is 3.45. The first kappa shape index (κ1) is 16.3. The molecule has 2 aromatic rings. The van der Waals surface area contributed by atoms with Crippen LogP contribution in [0.1, 0.15) is 35.7 Å². The molecule has 1 aliphatic rings. The van der Waals surface area contributed by atoms with E-state index in [0.29, 0.717) is 6.04 Å². The highest BCUT2D eigenvalue weighted by molar-refractivity contribution is 6.30. The van der Waals surface area contributed by atoms with Crippen molar-refractivity contribution in [2.45, 2.75) is 32.4 Å². The van der Waals surface area contributed by atoms with Crippen LogP contribution in [0.15, 0.2) is 24.3 Å². The maximum absolute atomic E-state index is 6.03. The van der Waals surface area contributed by atoms with E-state index in [1.54, 1.807) is 0 Å². The van der Waals surface area contributed by atoms with Crippen molar-refractivity contribution in [1.29, 1.82) is 0 Å². The summed E-state index contributed by atoms with van der Waals surface area (Å²) in [5.74, 6) is 1.90. The van der Waals surface area contributed by atoms with Crippen LogP contribution in [0.2, 0.25) is 5.02 Å². The molecule has 23 heavy (non-hydrogen) atoms. The molecule has 0 amide bonds. The van der Waals surface area contributed by atoms with Gasteiger partial charge in [-0.1, -0.05) is 23.7 Å². The van der Waals surface area contributed by atoms with E-state index in [1.165, 1.54) is 29.8 Å². The van der Waals surface area contributed by atoms with Crippen LogP contribution in [-0.2, 0) is 13.6 Å². The molecular weight excluding hydrogens is 308 g/mol. The highest BCUT2D eigenvalue weighted by Gasteiger charge is 2.32. The van der Waals surface area contributed by atoms with Crippen molar-refractivity contribution >= 4 is 17.4 Å². The number of halogens is 1. The molecule has 1 atom stereocenters. The molecule has 3 rings (SSSR count). The number of nitrogens with zero attached hydrogens (tertiary/aromatic N) is 3. The van der Waals surface area contributed by atoms with Gasteiger partial charge in [0.2, 0.25) is 0 Å². The van der Waals surface area contributed by atoms with Gasteiger partial charge in [-0.05, 0) is 43.4 Å². The maximum atomic E-state index is 6.03. The summed E-state index contributed by atoms with van der Waals surface area (Å²) in [4.78, 5) is 2.13. The Balaban J connectivity index is 1.79. The van der Waals surface area contributed by atoms with E-state index in [-0.39, 0.29) is 0 Å². The van der Waals surface area contributed by atoms with Gasteiger partial charge in [0.15, 0.2) is 0 Å². The second-order valence-electron chi connectivity index (χ2n) is 6.65. The van der Waals surface area contributed by atoms with Crippen molar-refractivity contribution in [1.82, 2.24) is 15.1 Å². The van der Waals surface area contributed by atoms with Gasteiger partial charge in [-0.15, -0.1) is 0 Å². The number of hydrogen-bond acceptors (Lipinski definition) is 3. The minimum Gasteiger partial charge on any atom is -0.363 e. The van der Waals surface area contributed by atoms with Gasteiger partial charge in [-0.2, -0.15) is 5.10 Å². The van der Waals surface area contributed by atoms with Gasteiger partial charge in [0.25, 0.3) is 0 Å². The van der Waals surface area contributed by atoms with Crippen LogP contribution in [0.5, 0.6) is 0 Å². The quantitative estimate of drug-likeness (QED) is 0.875. The molecule has 0 saturated heterocycles. The van der Waals surface area contributed by atoms with Crippen molar-refractivity contribution in [3.8, 4) is 0 Å². The summed E-state index contributed by atoms with van der Waals surface area (Å²) >= 11 is 6.03. The Bertz CT molecular complexity index is 671. The Labute approximate surface area is 143 Å². The molecule has 1 heterocycles. The first-order valence-electron chi connectivity index (χ1n) is 8.16. The van der Waals surface area contributed by atoms with Crippen LogP contribution >= 0.6 is 11.6 Å². The van der Waals surface area contributed by atoms with Gasteiger partial charge in [0.05, 0.1) is 5.69 Å². The predicted molar refractivity (Wildman–Crippen MR) is 96.0 cm³/mol. The molecule has 1 aliphatic carbocycles. The van der Waals surface area contributed by atoms with Gasteiger partial charge in [-0.25, -0.2) is 0 Å². The van der Waals surface area contributed by atoms with Crippen LogP contribution < -0.4 is 10.2 Å². The molecule has 1 fully saturated rings. The lowest BCUT2D eigenvalue weighted by Crippen LogP contribution is -2.24. The lowest BCUT2D eigenvalue weighted by atomic mass is 10.0. The number of aryl methyl sites for hydroxylation is 2. The number of benzene rings is 1. The van der Waals surface area contributed by atoms with Gasteiger partial charge >= 0.3 is 0 Å². The predicted octanol–water partition coefficient (Wildman–Crippen LogP) is 3.69. The molecule has 4 nitrogen and oxygen atoms in total. The van der Waals surface area contributed by atoms with Gasteiger partial charge in [0, 0.05) is 44.3 Å². The highest BCUT2D eigenvalue weighted by Crippen LogP contribution is 2.41. The Morgan fingerprint density at radius 2 is 1.96 bits per heavy atom. The fraction of sp³-hybridized carbons (Fsp3) is 0.500. The van der Waals surface area contributed by atoms with Gasteiger partial charge in [-0.3, -0.25) is 4.68 Å². The number of hydrogen-bond donors (Lipinski definition) is 1. The number of aromatic nitrogens is 2. The topological polar surface area (TPSA) is 33.1 Å². The van der Waals surface area contributed by atoms with Crippen LogP contribution in [0.25, 0.3) is 0 Å². The highest BCUT2D eigenvalue weighted by atomic mass is 35.5. The molecule has 0 radical (unpaired) electrons. The van der Waals surface area contributed by atoms with Crippen LogP contribution in [0.4, 0.5) is 5.82 Å². The van der Waals surface area contributed by atoms with E-state index in [4.69, 9.17) is 11.6 Å². The average molecular weight is 333 g/mol. The first-order valence-corrected chi connectivity index (χ1v) is 8.54. The minimum absolute atomic E-state index is 0.391. The SMILES string of the molecule is Cc1nn(C)c(N(C)C)c1CNC(c1ccc(Cl)cc1)C1CC1. The smallest absolute Gasteiger partial charge is 0.130 e. The van der Waals surface area contributed by atoms with E-state index in [0.717, 1.165) is 23.2 Å². The molecule has 1 aromatic heterocycles. The van der Waals surface area contributed by atoms with E-state index in [1.807, 2.05) is 23.9 Å². The molecule has 5 heteroatoms. The number of rotatable bonds is 6. The molecule has 1 N–H and O–H groups in total. The Hall–Kier alpha value is -1.52. The van der Waals surface area contributed by atoms with Crippen molar-refractivity contribution in [2.24, 2.45) is 13.0 Å². The molecule has 0 bridgehead atoms.